The van der Waals surface area contributed by atoms with Crippen LogP contribution in [-0.2, 0) is 13.1 Å². The van der Waals surface area contributed by atoms with Crippen LogP contribution in [-0.4, -0.2) is 10.6 Å². The molecule has 106 valence electrons. The Hall–Kier alpha value is -1.09. The summed E-state index contributed by atoms with van der Waals surface area (Å²) in [5.41, 5.74) is 3.38. The largest absolute Gasteiger partial charge is 0.313 e. The highest BCUT2D eigenvalue weighted by Crippen LogP contribution is 2.19. The fourth-order valence-corrected chi connectivity index (χ4v) is 2.52. The minimum atomic E-state index is 0.210. The second kappa shape index (κ2) is 6.38. The van der Waals surface area contributed by atoms with E-state index in [9.17, 15) is 4.79 Å². The molecule has 19 heavy (non-hydrogen) atoms. The smallest absolute Gasteiger partial charge is 0.255 e. The fraction of sp³-hybridized carbons (Fsp3) is 0.688. The molecule has 1 aliphatic carbocycles. The van der Waals surface area contributed by atoms with Crippen LogP contribution in [0.4, 0.5) is 0 Å². The molecule has 3 heteroatoms. The summed E-state index contributed by atoms with van der Waals surface area (Å²) < 4.78 is 1.95. The van der Waals surface area contributed by atoms with Crippen molar-refractivity contribution in [3.63, 3.8) is 0 Å². The van der Waals surface area contributed by atoms with Crippen molar-refractivity contribution in [2.75, 3.05) is 0 Å². The van der Waals surface area contributed by atoms with Crippen molar-refractivity contribution in [3.8, 4) is 0 Å². The molecule has 1 aliphatic rings. The maximum atomic E-state index is 12.6. The van der Waals surface area contributed by atoms with E-state index < -0.39 is 0 Å². The number of nitrogens with one attached hydrogen (secondary N) is 1. The predicted molar refractivity (Wildman–Crippen MR) is 79.6 cm³/mol. The average Bonchev–Trinajstić information content (AvgIpc) is 3.17. The molecule has 0 saturated heterocycles. The van der Waals surface area contributed by atoms with Gasteiger partial charge in [0, 0.05) is 30.4 Å². The summed E-state index contributed by atoms with van der Waals surface area (Å²) in [5.74, 6) is 0. The zero-order valence-electron chi connectivity index (χ0n) is 12.5. The van der Waals surface area contributed by atoms with Gasteiger partial charge in [-0.15, -0.1) is 0 Å². The summed E-state index contributed by atoms with van der Waals surface area (Å²) in [6.07, 6.45) is 5.99. The molecule has 0 bridgehead atoms. The van der Waals surface area contributed by atoms with E-state index in [4.69, 9.17) is 0 Å². The molecule has 1 N–H and O–H groups in total. The number of rotatable bonds is 7. The molecule has 1 aromatic heterocycles. The highest BCUT2D eigenvalue weighted by Gasteiger charge is 2.21. The lowest BCUT2D eigenvalue weighted by Crippen LogP contribution is -2.30. The zero-order chi connectivity index (χ0) is 13.8. The maximum absolute atomic E-state index is 12.6. The van der Waals surface area contributed by atoms with Crippen molar-refractivity contribution in [1.29, 1.82) is 0 Å². The highest BCUT2D eigenvalue weighted by atomic mass is 16.1. The van der Waals surface area contributed by atoms with E-state index in [1.165, 1.54) is 25.7 Å². The first-order valence-corrected chi connectivity index (χ1v) is 7.56. The molecular formula is C16H26N2O. The Labute approximate surface area is 116 Å². The number of nitrogens with zero attached hydrogens (tertiary/aromatic N) is 1. The minimum absolute atomic E-state index is 0.210. The Morgan fingerprint density at radius 3 is 2.68 bits per heavy atom. The van der Waals surface area contributed by atoms with Gasteiger partial charge in [0.1, 0.15) is 0 Å². The lowest BCUT2D eigenvalue weighted by atomic mass is 10.1. The molecule has 0 spiro atoms. The number of aryl methyl sites for hydroxylation is 2. The van der Waals surface area contributed by atoms with Crippen LogP contribution >= 0.6 is 0 Å². The van der Waals surface area contributed by atoms with Crippen LogP contribution in [0.2, 0.25) is 0 Å². The number of hydrogen-bond donors (Lipinski definition) is 1. The van der Waals surface area contributed by atoms with E-state index in [-0.39, 0.29) is 5.56 Å². The molecule has 0 unspecified atom stereocenters. The van der Waals surface area contributed by atoms with E-state index in [2.05, 4.69) is 25.2 Å². The first kappa shape index (κ1) is 14.3. The summed E-state index contributed by atoms with van der Waals surface area (Å²) >= 11 is 0. The molecule has 1 saturated carbocycles. The van der Waals surface area contributed by atoms with Crippen LogP contribution in [0.1, 0.15) is 55.8 Å². The first-order chi connectivity index (χ1) is 9.13. The Morgan fingerprint density at radius 2 is 2.05 bits per heavy atom. The quantitative estimate of drug-likeness (QED) is 0.767. The molecule has 0 radical (unpaired) electrons. The second-order valence-corrected chi connectivity index (χ2v) is 5.77. The standard InChI is InChI=1S/C16H26N2O/c1-4-5-6-9-18-13(3)10-12(2)15(16(18)19)11-17-14-7-8-14/h10,14,17H,4-9,11H2,1-3H3. The van der Waals surface area contributed by atoms with Gasteiger partial charge in [0.15, 0.2) is 0 Å². The van der Waals surface area contributed by atoms with E-state index in [0.29, 0.717) is 6.04 Å². The van der Waals surface area contributed by atoms with E-state index in [1.807, 2.05) is 11.5 Å². The molecule has 3 nitrogen and oxygen atoms in total. The molecule has 0 aliphatic heterocycles. The van der Waals surface area contributed by atoms with Crippen LogP contribution in [0.15, 0.2) is 10.9 Å². The summed E-state index contributed by atoms with van der Waals surface area (Å²) in [4.78, 5) is 12.6. The SMILES string of the molecule is CCCCCn1c(C)cc(C)c(CNC2CC2)c1=O. The van der Waals surface area contributed by atoms with E-state index in [0.717, 1.165) is 36.3 Å². The van der Waals surface area contributed by atoms with Gasteiger partial charge < -0.3 is 9.88 Å². The van der Waals surface area contributed by atoms with Crippen LogP contribution in [0.3, 0.4) is 0 Å². The number of aromatic nitrogens is 1. The van der Waals surface area contributed by atoms with Crippen molar-refractivity contribution in [3.05, 3.63) is 33.2 Å². The van der Waals surface area contributed by atoms with Crippen molar-refractivity contribution >= 4 is 0 Å². The molecular weight excluding hydrogens is 236 g/mol. The van der Waals surface area contributed by atoms with Gasteiger partial charge in [-0.3, -0.25) is 4.79 Å². The van der Waals surface area contributed by atoms with Crippen LogP contribution in [0, 0.1) is 13.8 Å². The van der Waals surface area contributed by atoms with Crippen LogP contribution in [0.25, 0.3) is 0 Å². The lowest BCUT2D eigenvalue weighted by Gasteiger charge is -2.14. The summed E-state index contributed by atoms with van der Waals surface area (Å²) in [6.45, 7) is 7.86. The molecule has 1 aromatic rings. The predicted octanol–water partition coefficient (Wildman–Crippen LogP) is 2.91. The van der Waals surface area contributed by atoms with Gasteiger partial charge in [-0.25, -0.2) is 0 Å². The number of hydrogen-bond acceptors (Lipinski definition) is 2. The van der Waals surface area contributed by atoms with Crippen molar-refractivity contribution < 1.29 is 0 Å². The Bertz CT molecular complexity index is 486. The molecule has 0 aromatic carbocycles. The Morgan fingerprint density at radius 1 is 1.32 bits per heavy atom. The van der Waals surface area contributed by atoms with Crippen molar-refractivity contribution in [2.24, 2.45) is 0 Å². The van der Waals surface area contributed by atoms with Gasteiger partial charge in [-0.2, -0.15) is 0 Å². The molecule has 1 fully saturated rings. The lowest BCUT2D eigenvalue weighted by molar-refractivity contribution is 0.566. The van der Waals surface area contributed by atoms with Crippen LogP contribution < -0.4 is 10.9 Å². The third-order valence-electron chi connectivity index (χ3n) is 3.96. The Kier molecular flexibility index (Phi) is 4.81. The van der Waals surface area contributed by atoms with Crippen LogP contribution in [0.5, 0.6) is 0 Å². The second-order valence-electron chi connectivity index (χ2n) is 5.77. The van der Waals surface area contributed by atoms with Gasteiger partial charge >= 0.3 is 0 Å². The van der Waals surface area contributed by atoms with Gasteiger partial charge in [-0.05, 0) is 44.7 Å². The highest BCUT2D eigenvalue weighted by molar-refractivity contribution is 5.26. The third kappa shape index (κ3) is 3.69. The van der Waals surface area contributed by atoms with Gasteiger partial charge in [0.25, 0.3) is 5.56 Å². The molecule has 1 heterocycles. The van der Waals surface area contributed by atoms with Gasteiger partial charge in [0.2, 0.25) is 0 Å². The normalized spacial score (nSPS) is 14.9. The molecule has 0 amide bonds. The summed E-state index contributed by atoms with van der Waals surface area (Å²) in [7, 11) is 0. The zero-order valence-corrected chi connectivity index (χ0v) is 12.5. The Balaban J connectivity index is 2.16. The third-order valence-corrected chi connectivity index (χ3v) is 3.96. The fourth-order valence-electron chi connectivity index (χ4n) is 2.52. The molecule has 0 atom stereocenters. The summed E-state index contributed by atoms with van der Waals surface area (Å²) in [6, 6.07) is 2.80. The maximum Gasteiger partial charge on any atom is 0.255 e. The van der Waals surface area contributed by atoms with Gasteiger partial charge in [-0.1, -0.05) is 19.8 Å². The number of unbranched alkanes of at least 4 members (excludes halogenated alkanes) is 2. The van der Waals surface area contributed by atoms with Crippen molar-refractivity contribution in [1.82, 2.24) is 9.88 Å². The summed E-state index contributed by atoms with van der Waals surface area (Å²) in [5, 5.41) is 3.46. The number of pyridine rings is 1. The molecule has 2 rings (SSSR count). The average molecular weight is 262 g/mol. The first-order valence-electron chi connectivity index (χ1n) is 7.56. The topological polar surface area (TPSA) is 34.0 Å². The van der Waals surface area contributed by atoms with Gasteiger partial charge in [0.05, 0.1) is 0 Å². The van der Waals surface area contributed by atoms with E-state index >= 15 is 0 Å². The van der Waals surface area contributed by atoms with E-state index in [1.54, 1.807) is 0 Å². The van der Waals surface area contributed by atoms with Crippen molar-refractivity contribution in [2.45, 2.75) is 72.0 Å². The minimum Gasteiger partial charge on any atom is -0.313 e. The monoisotopic (exact) mass is 262 g/mol.